The maximum absolute atomic E-state index is 3.87. The van der Waals surface area contributed by atoms with Crippen molar-refractivity contribution in [2.75, 3.05) is 19.6 Å². The zero-order valence-corrected chi connectivity index (χ0v) is 9.65. The third-order valence-corrected chi connectivity index (χ3v) is 3.14. The summed E-state index contributed by atoms with van der Waals surface area (Å²) >= 11 is 3.41. The van der Waals surface area contributed by atoms with Crippen LogP contribution in [0.25, 0.3) is 0 Å². The van der Waals surface area contributed by atoms with Crippen molar-refractivity contribution in [3.8, 4) is 0 Å². The Labute approximate surface area is 84.0 Å². The van der Waals surface area contributed by atoms with Crippen molar-refractivity contribution in [1.82, 2.24) is 4.90 Å². The smallest absolute Gasteiger partial charge is 0.0294 e. The molecule has 1 fully saturated rings. The van der Waals surface area contributed by atoms with Gasteiger partial charge in [0.15, 0.2) is 0 Å². The molecule has 0 bridgehead atoms. The van der Waals surface area contributed by atoms with Crippen molar-refractivity contribution in [1.29, 1.82) is 0 Å². The van der Waals surface area contributed by atoms with Gasteiger partial charge in [-0.25, -0.2) is 0 Å². The summed E-state index contributed by atoms with van der Waals surface area (Å²) in [5, 5.41) is 0. The van der Waals surface area contributed by atoms with Gasteiger partial charge in [-0.2, -0.15) is 0 Å². The largest absolute Gasteiger partial charge is 0.298 e. The number of halogens is 1. The first-order valence-corrected chi connectivity index (χ1v) is 5.41. The summed E-state index contributed by atoms with van der Waals surface area (Å²) in [6.07, 6.45) is 2.63. The van der Waals surface area contributed by atoms with Gasteiger partial charge in [-0.1, -0.05) is 36.4 Å². The maximum atomic E-state index is 3.87. The summed E-state index contributed by atoms with van der Waals surface area (Å²) in [5.74, 6) is 0. The molecule has 0 radical (unpaired) electrons. The quantitative estimate of drug-likeness (QED) is 0.723. The zero-order valence-electron chi connectivity index (χ0n) is 8.07. The minimum Gasteiger partial charge on any atom is -0.298 e. The van der Waals surface area contributed by atoms with Gasteiger partial charge in [0.05, 0.1) is 0 Å². The van der Waals surface area contributed by atoms with Gasteiger partial charge in [-0.15, -0.1) is 0 Å². The molecule has 0 aromatic carbocycles. The molecule has 1 atom stereocenters. The molecule has 1 nitrogen and oxygen atoms in total. The first-order chi connectivity index (χ1) is 5.56. The van der Waals surface area contributed by atoms with Gasteiger partial charge in [0.2, 0.25) is 0 Å². The second kappa shape index (κ2) is 3.93. The highest BCUT2D eigenvalue weighted by molar-refractivity contribution is 9.11. The molecule has 1 saturated heterocycles. The van der Waals surface area contributed by atoms with E-state index >= 15 is 0 Å². The molecule has 12 heavy (non-hydrogen) atoms. The summed E-state index contributed by atoms with van der Waals surface area (Å²) < 4.78 is 1.10. The van der Waals surface area contributed by atoms with Crippen LogP contribution in [0, 0.1) is 5.41 Å². The third-order valence-electron chi connectivity index (χ3n) is 2.89. The standard InChI is InChI=1S/C10H18BrN/c1-4-10(3)5-6-12(8-10)7-9(2)11/h2,4-8H2,1,3H3. The van der Waals surface area contributed by atoms with Crippen LogP contribution >= 0.6 is 15.9 Å². The fraction of sp³-hybridized carbons (Fsp3) is 0.800. The number of hydrogen-bond acceptors (Lipinski definition) is 1. The second-order valence-corrected chi connectivity index (χ2v) is 5.26. The van der Waals surface area contributed by atoms with Crippen LogP contribution in [0.1, 0.15) is 26.7 Å². The highest BCUT2D eigenvalue weighted by atomic mass is 79.9. The van der Waals surface area contributed by atoms with Gasteiger partial charge in [0.25, 0.3) is 0 Å². The highest BCUT2D eigenvalue weighted by Crippen LogP contribution is 2.33. The molecule has 0 aromatic rings. The Morgan fingerprint density at radius 1 is 1.67 bits per heavy atom. The highest BCUT2D eigenvalue weighted by Gasteiger charge is 2.31. The van der Waals surface area contributed by atoms with Crippen LogP contribution < -0.4 is 0 Å². The first kappa shape index (κ1) is 10.3. The van der Waals surface area contributed by atoms with E-state index < -0.39 is 0 Å². The molecule has 0 amide bonds. The fourth-order valence-corrected chi connectivity index (χ4v) is 2.15. The van der Waals surface area contributed by atoms with E-state index in [1.54, 1.807) is 0 Å². The van der Waals surface area contributed by atoms with Crippen LogP contribution in [0.2, 0.25) is 0 Å². The summed E-state index contributed by atoms with van der Waals surface area (Å²) in [6, 6.07) is 0. The molecule has 1 aliphatic rings. The van der Waals surface area contributed by atoms with E-state index in [-0.39, 0.29) is 0 Å². The van der Waals surface area contributed by atoms with E-state index in [4.69, 9.17) is 0 Å². The summed E-state index contributed by atoms with van der Waals surface area (Å²) in [7, 11) is 0. The average Bonchev–Trinajstić information content (AvgIpc) is 2.32. The Bertz CT molecular complexity index is 179. The van der Waals surface area contributed by atoms with Crippen LogP contribution in [-0.2, 0) is 0 Å². The Kier molecular flexibility index (Phi) is 3.36. The lowest BCUT2D eigenvalue weighted by atomic mass is 9.87. The van der Waals surface area contributed by atoms with E-state index in [1.165, 1.54) is 25.9 Å². The van der Waals surface area contributed by atoms with E-state index in [0.29, 0.717) is 5.41 Å². The first-order valence-electron chi connectivity index (χ1n) is 4.61. The van der Waals surface area contributed by atoms with Crippen LogP contribution in [0.3, 0.4) is 0 Å². The van der Waals surface area contributed by atoms with Crippen LogP contribution in [0.4, 0.5) is 0 Å². The van der Waals surface area contributed by atoms with Gasteiger partial charge >= 0.3 is 0 Å². The zero-order chi connectivity index (χ0) is 9.19. The van der Waals surface area contributed by atoms with Gasteiger partial charge in [-0.3, -0.25) is 4.90 Å². The van der Waals surface area contributed by atoms with Crippen LogP contribution in [0.15, 0.2) is 11.1 Å². The van der Waals surface area contributed by atoms with E-state index in [0.717, 1.165) is 11.0 Å². The molecule has 70 valence electrons. The number of nitrogens with zero attached hydrogens (tertiary/aromatic N) is 1. The molecule has 0 spiro atoms. The number of likely N-dealkylation sites (tertiary alicyclic amines) is 1. The van der Waals surface area contributed by atoms with Crippen molar-refractivity contribution in [3.63, 3.8) is 0 Å². The van der Waals surface area contributed by atoms with E-state index in [9.17, 15) is 0 Å². The van der Waals surface area contributed by atoms with E-state index in [2.05, 4.69) is 41.3 Å². The van der Waals surface area contributed by atoms with Crippen molar-refractivity contribution < 1.29 is 0 Å². The molecular formula is C10H18BrN. The van der Waals surface area contributed by atoms with Gasteiger partial charge in [-0.05, 0) is 24.8 Å². The van der Waals surface area contributed by atoms with Crippen LogP contribution in [-0.4, -0.2) is 24.5 Å². The van der Waals surface area contributed by atoms with Crippen molar-refractivity contribution in [2.45, 2.75) is 26.7 Å². The molecule has 0 saturated carbocycles. The Hall–Kier alpha value is 0.180. The summed E-state index contributed by atoms with van der Waals surface area (Å²) in [5.41, 5.74) is 0.558. The van der Waals surface area contributed by atoms with Crippen molar-refractivity contribution in [2.24, 2.45) is 5.41 Å². The number of rotatable bonds is 3. The summed E-state index contributed by atoms with van der Waals surface area (Å²) in [6.45, 7) is 12.0. The normalized spacial score (nSPS) is 30.9. The van der Waals surface area contributed by atoms with Crippen molar-refractivity contribution in [3.05, 3.63) is 11.1 Å². The minimum atomic E-state index is 0.558. The molecule has 0 aliphatic carbocycles. The summed E-state index contributed by atoms with van der Waals surface area (Å²) in [4.78, 5) is 2.47. The lowest BCUT2D eigenvalue weighted by Gasteiger charge is -2.22. The third kappa shape index (κ3) is 2.60. The Balaban J connectivity index is 2.40. The van der Waals surface area contributed by atoms with Gasteiger partial charge in [0, 0.05) is 17.6 Å². The predicted molar refractivity (Wildman–Crippen MR) is 57.5 cm³/mol. The molecule has 1 heterocycles. The second-order valence-electron chi connectivity index (χ2n) is 4.14. The molecular weight excluding hydrogens is 214 g/mol. The average molecular weight is 232 g/mol. The molecule has 2 heteroatoms. The molecule has 1 rings (SSSR count). The molecule has 1 unspecified atom stereocenters. The minimum absolute atomic E-state index is 0.558. The predicted octanol–water partition coefficient (Wildman–Crippen LogP) is 3.02. The lowest BCUT2D eigenvalue weighted by Crippen LogP contribution is -2.25. The Morgan fingerprint density at radius 3 is 2.75 bits per heavy atom. The van der Waals surface area contributed by atoms with E-state index in [1.807, 2.05) is 0 Å². The fourth-order valence-electron chi connectivity index (χ4n) is 1.79. The monoisotopic (exact) mass is 231 g/mol. The number of hydrogen-bond donors (Lipinski definition) is 0. The SMILES string of the molecule is C=C(Br)CN1CCC(C)(CC)C1. The molecule has 0 N–H and O–H groups in total. The lowest BCUT2D eigenvalue weighted by molar-refractivity contribution is 0.285. The molecule has 1 aliphatic heterocycles. The van der Waals surface area contributed by atoms with Gasteiger partial charge in [0.1, 0.15) is 0 Å². The maximum Gasteiger partial charge on any atom is 0.0294 e. The topological polar surface area (TPSA) is 3.24 Å². The van der Waals surface area contributed by atoms with Crippen molar-refractivity contribution >= 4 is 15.9 Å². The Morgan fingerprint density at radius 2 is 2.33 bits per heavy atom. The van der Waals surface area contributed by atoms with Crippen LogP contribution in [0.5, 0.6) is 0 Å². The van der Waals surface area contributed by atoms with Gasteiger partial charge < -0.3 is 0 Å². The molecule has 0 aromatic heterocycles.